The molecule has 2 amide bonds. The minimum Gasteiger partial charge on any atom is -0.342 e. The maximum Gasteiger partial charge on any atom is 0.246 e. The van der Waals surface area contributed by atoms with Crippen molar-refractivity contribution in [2.24, 2.45) is 5.92 Å². The first kappa shape index (κ1) is 14.6. The number of hydrogen-bond donors (Lipinski definition) is 1. The van der Waals surface area contributed by atoms with Crippen LogP contribution in [0.25, 0.3) is 0 Å². The van der Waals surface area contributed by atoms with Gasteiger partial charge in [-0.1, -0.05) is 20.8 Å². The van der Waals surface area contributed by atoms with Crippen LogP contribution in [-0.4, -0.2) is 45.1 Å². The molecule has 0 radical (unpaired) electrons. The molecule has 1 aromatic rings. The minimum atomic E-state index is -0.414. The van der Waals surface area contributed by atoms with Gasteiger partial charge in [-0.2, -0.15) is 5.10 Å². The number of hydrogen-bond acceptors (Lipinski definition) is 3. The molecule has 6 heteroatoms. The number of carbonyl (C=O) groups is 2. The Bertz CT molecular complexity index is 470. The Hall–Kier alpha value is -1.85. The Morgan fingerprint density at radius 2 is 2.10 bits per heavy atom. The summed E-state index contributed by atoms with van der Waals surface area (Å²) in [5.74, 6) is 0.0568. The SMILES string of the molecule is CCC1C(=O)NC(C(C)C)C(=O)N1CCn1cccn1. The zero-order valence-electron chi connectivity index (χ0n) is 12.2. The molecule has 2 atom stereocenters. The Morgan fingerprint density at radius 3 is 2.65 bits per heavy atom. The third-order valence-corrected chi connectivity index (χ3v) is 3.71. The van der Waals surface area contributed by atoms with Crippen molar-refractivity contribution < 1.29 is 9.59 Å². The molecule has 0 spiro atoms. The van der Waals surface area contributed by atoms with Gasteiger partial charge in [0.2, 0.25) is 11.8 Å². The van der Waals surface area contributed by atoms with Crippen LogP contribution >= 0.6 is 0 Å². The molecule has 2 heterocycles. The van der Waals surface area contributed by atoms with Gasteiger partial charge in [-0.15, -0.1) is 0 Å². The Labute approximate surface area is 119 Å². The van der Waals surface area contributed by atoms with Crippen molar-refractivity contribution in [2.45, 2.75) is 45.8 Å². The van der Waals surface area contributed by atoms with Gasteiger partial charge in [0.15, 0.2) is 0 Å². The van der Waals surface area contributed by atoms with E-state index in [1.54, 1.807) is 15.8 Å². The first-order valence-electron chi connectivity index (χ1n) is 7.12. The minimum absolute atomic E-state index is 0.0126. The van der Waals surface area contributed by atoms with Gasteiger partial charge in [0.1, 0.15) is 12.1 Å². The van der Waals surface area contributed by atoms with Crippen LogP contribution in [0.1, 0.15) is 27.2 Å². The van der Waals surface area contributed by atoms with E-state index in [-0.39, 0.29) is 23.8 Å². The van der Waals surface area contributed by atoms with Crippen molar-refractivity contribution in [1.29, 1.82) is 0 Å². The van der Waals surface area contributed by atoms with Crippen LogP contribution in [-0.2, 0) is 16.1 Å². The molecular formula is C14H22N4O2. The number of piperazine rings is 1. The highest BCUT2D eigenvalue weighted by Gasteiger charge is 2.40. The van der Waals surface area contributed by atoms with Crippen LogP contribution in [0.15, 0.2) is 18.5 Å². The first-order chi connectivity index (χ1) is 9.54. The lowest BCUT2D eigenvalue weighted by atomic mass is 9.97. The topological polar surface area (TPSA) is 67.2 Å². The summed E-state index contributed by atoms with van der Waals surface area (Å²) < 4.78 is 1.77. The second-order valence-corrected chi connectivity index (χ2v) is 5.46. The fourth-order valence-electron chi connectivity index (χ4n) is 2.55. The summed E-state index contributed by atoms with van der Waals surface area (Å²) in [4.78, 5) is 26.4. The quantitative estimate of drug-likeness (QED) is 0.859. The Balaban J connectivity index is 2.11. The molecular weight excluding hydrogens is 256 g/mol. The molecule has 1 aliphatic rings. The highest BCUT2D eigenvalue weighted by Crippen LogP contribution is 2.17. The van der Waals surface area contributed by atoms with Gasteiger partial charge in [-0.3, -0.25) is 14.3 Å². The van der Waals surface area contributed by atoms with Gasteiger partial charge in [0, 0.05) is 18.9 Å². The predicted octanol–water partition coefficient (Wildman–Crippen LogP) is 0.645. The molecule has 0 aliphatic carbocycles. The number of carbonyl (C=O) groups excluding carboxylic acids is 2. The van der Waals surface area contributed by atoms with Crippen LogP contribution in [0, 0.1) is 5.92 Å². The molecule has 1 aromatic heterocycles. The van der Waals surface area contributed by atoms with E-state index in [1.807, 2.05) is 33.0 Å². The van der Waals surface area contributed by atoms with Crippen molar-refractivity contribution in [1.82, 2.24) is 20.0 Å². The molecule has 1 fully saturated rings. The van der Waals surface area contributed by atoms with E-state index in [0.717, 1.165) is 0 Å². The average molecular weight is 278 g/mol. The van der Waals surface area contributed by atoms with Crippen LogP contribution in [0.5, 0.6) is 0 Å². The van der Waals surface area contributed by atoms with Gasteiger partial charge in [-0.25, -0.2) is 0 Å². The van der Waals surface area contributed by atoms with E-state index >= 15 is 0 Å². The molecule has 1 N–H and O–H groups in total. The van der Waals surface area contributed by atoms with E-state index in [0.29, 0.717) is 19.5 Å². The highest BCUT2D eigenvalue weighted by atomic mass is 16.2. The van der Waals surface area contributed by atoms with E-state index < -0.39 is 6.04 Å². The third-order valence-electron chi connectivity index (χ3n) is 3.71. The third kappa shape index (κ3) is 2.84. The van der Waals surface area contributed by atoms with Crippen molar-refractivity contribution in [3.8, 4) is 0 Å². The molecule has 0 bridgehead atoms. The van der Waals surface area contributed by atoms with Gasteiger partial charge >= 0.3 is 0 Å². The van der Waals surface area contributed by atoms with Crippen molar-refractivity contribution in [2.75, 3.05) is 6.54 Å². The van der Waals surface area contributed by atoms with Crippen LogP contribution < -0.4 is 5.32 Å². The molecule has 1 saturated heterocycles. The van der Waals surface area contributed by atoms with Crippen molar-refractivity contribution in [3.63, 3.8) is 0 Å². The summed E-state index contributed by atoms with van der Waals surface area (Å²) in [6, 6.07) is 1.06. The highest BCUT2D eigenvalue weighted by molar-refractivity contribution is 5.97. The monoisotopic (exact) mass is 278 g/mol. The first-order valence-corrected chi connectivity index (χ1v) is 7.12. The Kier molecular flexibility index (Phi) is 4.42. The fraction of sp³-hybridized carbons (Fsp3) is 0.643. The predicted molar refractivity (Wildman–Crippen MR) is 74.8 cm³/mol. The normalized spacial score (nSPS) is 23.3. The molecule has 6 nitrogen and oxygen atoms in total. The lowest BCUT2D eigenvalue weighted by molar-refractivity contribution is -0.150. The maximum atomic E-state index is 12.5. The summed E-state index contributed by atoms with van der Waals surface area (Å²) >= 11 is 0. The Morgan fingerprint density at radius 1 is 1.35 bits per heavy atom. The molecule has 0 saturated carbocycles. The lowest BCUT2D eigenvalue weighted by Gasteiger charge is -2.40. The van der Waals surface area contributed by atoms with Gasteiger partial charge < -0.3 is 10.2 Å². The molecule has 20 heavy (non-hydrogen) atoms. The number of nitrogens with one attached hydrogen (secondary N) is 1. The number of aromatic nitrogens is 2. The summed E-state index contributed by atoms with van der Waals surface area (Å²) in [5, 5.41) is 6.97. The number of nitrogens with zero attached hydrogens (tertiary/aromatic N) is 3. The zero-order chi connectivity index (χ0) is 14.7. The largest absolute Gasteiger partial charge is 0.342 e. The van der Waals surface area contributed by atoms with Gasteiger partial charge in [0.25, 0.3) is 0 Å². The van der Waals surface area contributed by atoms with Crippen molar-refractivity contribution in [3.05, 3.63) is 18.5 Å². The summed E-state index contributed by atoms with van der Waals surface area (Å²) in [6.07, 6.45) is 4.19. The van der Waals surface area contributed by atoms with E-state index in [1.165, 1.54) is 0 Å². The number of rotatable bonds is 5. The molecule has 2 rings (SSSR count). The smallest absolute Gasteiger partial charge is 0.246 e. The fourth-order valence-corrected chi connectivity index (χ4v) is 2.55. The molecule has 110 valence electrons. The van der Waals surface area contributed by atoms with Crippen LogP contribution in [0.4, 0.5) is 0 Å². The van der Waals surface area contributed by atoms with E-state index in [4.69, 9.17) is 0 Å². The van der Waals surface area contributed by atoms with E-state index in [2.05, 4.69) is 10.4 Å². The summed E-state index contributed by atoms with van der Waals surface area (Å²) in [5.41, 5.74) is 0. The van der Waals surface area contributed by atoms with Gasteiger partial charge in [0.05, 0.1) is 6.54 Å². The molecule has 1 aliphatic heterocycles. The number of amides is 2. The average Bonchev–Trinajstić information content (AvgIpc) is 2.91. The van der Waals surface area contributed by atoms with E-state index in [9.17, 15) is 9.59 Å². The molecule has 0 aromatic carbocycles. The molecule has 2 unspecified atom stereocenters. The summed E-state index contributed by atoms with van der Waals surface area (Å²) in [6.45, 7) is 6.93. The second kappa shape index (κ2) is 6.07. The lowest BCUT2D eigenvalue weighted by Crippen LogP contribution is -2.64. The summed E-state index contributed by atoms with van der Waals surface area (Å²) in [7, 11) is 0. The van der Waals surface area contributed by atoms with Crippen LogP contribution in [0.2, 0.25) is 0 Å². The standard InChI is InChI=1S/C14H22N4O2/c1-4-11-13(19)16-12(10(2)3)14(20)18(11)9-8-17-7-5-6-15-17/h5-7,10-12H,4,8-9H2,1-3H3,(H,16,19). The second-order valence-electron chi connectivity index (χ2n) is 5.46. The zero-order valence-corrected chi connectivity index (χ0v) is 12.2. The van der Waals surface area contributed by atoms with Gasteiger partial charge in [-0.05, 0) is 18.4 Å². The maximum absolute atomic E-state index is 12.5. The van der Waals surface area contributed by atoms with Crippen molar-refractivity contribution >= 4 is 11.8 Å². The van der Waals surface area contributed by atoms with Crippen LogP contribution in [0.3, 0.4) is 0 Å².